The fraction of sp³-hybridized carbons (Fsp3) is 0.250. The molecule has 0 bridgehead atoms. The van der Waals surface area contributed by atoms with Gasteiger partial charge in [-0.3, -0.25) is 0 Å². The van der Waals surface area contributed by atoms with Crippen LogP contribution in [0, 0.1) is 13.8 Å². The first-order valence-corrected chi connectivity index (χ1v) is 12.5. The van der Waals surface area contributed by atoms with Gasteiger partial charge in [-0.05, 0) is 60.8 Å². The molecule has 0 N–H and O–H groups in total. The molecule has 1 fully saturated rings. The number of ether oxygens (including phenoxy) is 1. The van der Waals surface area contributed by atoms with Crippen LogP contribution in [0.1, 0.15) is 24.0 Å². The Morgan fingerprint density at radius 2 is 1.58 bits per heavy atom. The van der Waals surface area contributed by atoms with Crippen LogP contribution in [0.25, 0.3) is 11.4 Å². The van der Waals surface area contributed by atoms with E-state index in [2.05, 4.69) is 122 Å². The first-order valence-electron chi connectivity index (χ1n) is 11.7. The van der Waals surface area contributed by atoms with Crippen LogP contribution in [0.4, 0.5) is 5.82 Å². The minimum absolute atomic E-state index is 0.504. The first-order chi connectivity index (χ1) is 16.2. The van der Waals surface area contributed by atoms with Gasteiger partial charge in [-0.1, -0.05) is 59.3 Å². The van der Waals surface area contributed by atoms with E-state index in [9.17, 15) is 0 Å². The largest absolute Gasteiger partial charge is 0.407 e. The summed E-state index contributed by atoms with van der Waals surface area (Å²) in [5.74, 6) is 2.89. The summed E-state index contributed by atoms with van der Waals surface area (Å²) in [6, 6.07) is 30.1. The molecule has 2 heterocycles. The number of aromatic nitrogens is 2. The highest BCUT2D eigenvalue weighted by Gasteiger charge is 2.35. The molecule has 0 radical (unpaired) electrons. The van der Waals surface area contributed by atoms with E-state index in [1.165, 1.54) is 12.8 Å². The van der Waals surface area contributed by atoms with Gasteiger partial charge in [0.1, 0.15) is 17.5 Å². The van der Waals surface area contributed by atoms with E-state index < -0.39 is 0 Å². The number of hydrogen-bond acceptors (Lipinski definition) is 2. The van der Waals surface area contributed by atoms with Crippen molar-refractivity contribution < 1.29 is 9.42 Å². The molecule has 0 aliphatic carbocycles. The third-order valence-corrected chi connectivity index (χ3v) is 6.98. The zero-order chi connectivity index (χ0) is 22.8. The zero-order valence-corrected chi connectivity index (χ0v) is 20.5. The van der Waals surface area contributed by atoms with E-state index in [0.717, 1.165) is 52.7 Å². The average molecular weight is 457 g/mol. The van der Waals surface area contributed by atoms with Gasteiger partial charge in [-0.2, -0.15) is 0 Å². The van der Waals surface area contributed by atoms with E-state index in [4.69, 9.17) is 4.74 Å². The number of hydrogen-bond donors (Lipinski definition) is 0. The second-order valence-corrected chi connectivity index (χ2v) is 9.16. The van der Waals surface area contributed by atoms with Crippen molar-refractivity contribution in [2.24, 2.45) is 0 Å². The molecule has 1 aliphatic heterocycles. The summed E-state index contributed by atoms with van der Waals surface area (Å²) in [6.45, 7) is 5.26. The molecule has 0 saturated carbocycles. The number of para-hydroxylation sites is 3. The summed E-state index contributed by atoms with van der Waals surface area (Å²) in [5, 5.41) is 0. The number of benzene rings is 3. The highest BCUT2D eigenvalue weighted by molar-refractivity contribution is 7.16. The number of anilines is 1. The maximum atomic E-state index is 6.71. The number of rotatable bonds is 6. The Bertz CT molecular complexity index is 1220. The van der Waals surface area contributed by atoms with E-state index in [0.29, 0.717) is 6.04 Å². The summed E-state index contributed by atoms with van der Waals surface area (Å²) >= 11 is 0. The van der Waals surface area contributed by atoms with Gasteiger partial charge in [-0.15, -0.1) is 9.24 Å². The molecule has 5 heteroatoms. The van der Waals surface area contributed by atoms with Crippen molar-refractivity contribution >= 4 is 15.1 Å². The van der Waals surface area contributed by atoms with E-state index in [-0.39, 0.29) is 0 Å². The highest BCUT2D eigenvalue weighted by Crippen LogP contribution is 2.35. The fourth-order valence-electron chi connectivity index (χ4n) is 4.79. The van der Waals surface area contributed by atoms with Crippen molar-refractivity contribution in [3.05, 3.63) is 96.1 Å². The molecule has 33 heavy (non-hydrogen) atoms. The molecule has 0 spiro atoms. The average Bonchev–Trinajstić information content (AvgIpc) is 3.47. The van der Waals surface area contributed by atoms with Gasteiger partial charge < -0.3 is 9.64 Å². The summed E-state index contributed by atoms with van der Waals surface area (Å²) in [4.78, 5) is 2.54. The lowest BCUT2D eigenvalue weighted by atomic mass is 10.1. The predicted molar refractivity (Wildman–Crippen MR) is 138 cm³/mol. The normalized spacial score (nSPS) is 15.7. The molecule has 2 atom stereocenters. The molecule has 1 unspecified atom stereocenters. The van der Waals surface area contributed by atoms with Crippen LogP contribution < -0.4 is 14.3 Å². The Morgan fingerprint density at radius 1 is 0.909 bits per heavy atom. The monoisotopic (exact) mass is 456 g/mol. The van der Waals surface area contributed by atoms with E-state index >= 15 is 0 Å². The van der Waals surface area contributed by atoms with Gasteiger partial charge in [0.25, 0.3) is 0 Å². The topological polar surface area (TPSA) is 21.3 Å². The number of nitrogens with zero attached hydrogens (tertiary/aromatic N) is 3. The first kappa shape index (κ1) is 21.7. The lowest BCUT2D eigenvalue weighted by Crippen LogP contribution is -2.43. The van der Waals surface area contributed by atoms with Crippen LogP contribution >= 0.6 is 9.24 Å². The van der Waals surface area contributed by atoms with Crippen LogP contribution in [-0.4, -0.2) is 23.4 Å². The van der Waals surface area contributed by atoms with E-state index in [1.54, 1.807) is 0 Å². The summed E-state index contributed by atoms with van der Waals surface area (Å²) < 4.78 is 11.2. The molecular weight excluding hydrogens is 425 g/mol. The lowest BCUT2D eigenvalue weighted by molar-refractivity contribution is -0.677. The van der Waals surface area contributed by atoms with Gasteiger partial charge >= 0.3 is 5.88 Å². The van der Waals surface area contributed by atoms with Gasteiger partial charge in [0, 0.05) is 24.7 Å². The van der Waals surface area contributed by atoms with Gasteiger partial charge in [0.05, 0.1) is 0 Å². The van der Waals surface area contributed by atoms with Crippen molar-refractivity contribution in [2.75, 3.05) is 17.6 Å². The van der Waals surface area contributed by atoms with Crippen LogP contribution in [0.5, 0.6) is 11.6 Å². The zero-order valence-electron chi connectivity index (χ0n) is 19.3. The minimum Gasteiger partial charge on any atom is -0.403 e. The van der Waals surface area contributed by atoms with Crippen LogP contribution in [0.2, 0.25) is 0 Å². The van der Waals surface area contributed by atoms with Gasteiger partial charge in [-0.25, -0.2) is 0 Å². The lowest BCUT2D eigenvalue weighted by Gasteiger charge is -2.24. The molecule has 168 valence electrons. The molecule has 1 aromatic heterocycles. The molecule has 0 amide bonds. The number of aryl methyl sites for hydroxylation is 2. The Hall–Kier alpha value is -3.10. The SMILES string of the molecule is Cc1cccc(C)c1Oc1cc(N2CCC[C@H]2CP)n(-c2ccccc2)[n+]1-c1ccccc1. The predicted octanol–water partition coefficient (Wildman–Crippen LogP) is 6.01. The maximum absolute atomic E-state index is 6.71. The molecule has 1 saturated heterocycles. The smallest absolute Gasteiger partial charge is 0.403 e. The Balaban J connectivity index is 1.77. The summed E-state index contributed by atoms with van der Waals surface area (Å²) in [6.07, 6.45) is 3.47. The summed E-state index contributed by atoms with van der Waals surface area (Å²) in [7, 11) is 2.94. The summed E-state index contributed by atoms with van der Waals surface area (Å²) in [5.41, 5.74) is 4.44. The van der Waals surface area contributed by atoms with Crippen LogP contribution in [0.15, 0.2) is 84.9 Å². The Labute approximate surface area is 198 Å². The van der Waals surface area contributed by atoms with Gasteiger partial charge in [0.2, 0.25) is 5.69 Å². The van der Waals surface area contributed by atoms with Gasteiger partial charge in [0.15, 0.2) is 5.82 Å². The van der Waals surface area contributed by atoms with Crippen LogP contribution in [-0.2, 0) is 0 Å². The maximum Gasteiger partial charge on any atom is 0.407 e. The molecule has 4 aromatic rings. The minimum atomic E-state index is 0.504. The highest BCUT2D eigenvalue weighted by atomic mass is 31.0. The fourth-order valence-corrected chi connectivity index (χ4v) is 5.28. The Kier molecular flexibility index (Phi) is 6.20. The van der Waals surface area contributed by atoms with Crippen molar-refractivity contribution in [3.63, 3.8) is 0 Å². The Morgan fingerprint density at radius 3 is 2.24 bits per heavy atom. The quantitative estimate of drug-likeness (QED) is 0.262. The third kappa shape index (κ3) is 4.16. The standard InChI is InChI=1S/C28H31N3OP/c1-21-11-9-12-22(2)28(21)32-27-19-26(29-18-10-17-25(29)20-33)30(23-13-5-3-6-14-23)31(27)24-15-7-4-8-16-24/h3-9,11-16,19,25H,10,17-18,20,33H2,1-2H3/q+1/t25-/m0/s1. The third-order valence-electron chi connectivity index (χ3n) is 6.44. The second-order valence-electron chi connectivity index (χ2n) is 8.68. The van der Waals surface area contributed by atoms with E-state index in [1.807, 2.05) is 0 Å². The van der Waals surface area contributed by atoms with Crippen molar-refractivity contribution in [1.29, 1.82) is 0 Å². The molecule has 3 aromatic carbocycles. The van der Waals surface area contributed by atoms with Crippen LogP contribution in [0.3, 0.4) is 0 Å². The van der Waals surface area contributed by atoms with Crippen molar-refractivity contribution in [1.82, 2.24) is 4.68 Å². The molecular formula is C28H31N3OP+. The second kappa shape index (κ2) is 9.41. The van der Waals surface area contributed by atoms with Crippen molar-refractivity contribution in [2.45, 2.75) is 32.7 Å². The molecule has 4 nitrogen and oxygen atoms in total. The molecule has 1 aliphatic rings. The van der Waals surface area contributed by atoms with Crippen molar-refractivity contribution in [3.8, 4) is 23.0 Å². The molecule has 5 rings (SSSR count).